The maximum Gasteiger partial charge on any atom is 0.164 e. The Labute approximate surface area is 203 Å². The van der Waals surface area contributed by atoms with Gasteiger partial charge in [0, 0.05) is 24.6 Å². The van der Waals surface area contributed by atoms with Gasteiger partial charge in [0.2, 0.25) is 0 Å². The van der Waals surface area contributed by atoms with E-state index in [9.17, 15) is 0 Å². The third-order valence-corrected chi connectivity index (χ3v) is 6.46. The number of ether oxygens (including phenoxy) is 4. The third kappa shape index (κ3) is 3.98. The van der Waals surface area contributed by atoms with Crippen LogP contribution in [0.1, 0.15) is 20.1 Å². The van der Waals surface area contributed by atoms with Gasteiger partial charge in [-0.1, -0.05) is 48.5 Å². The van der Waals surface area contributed by atoms with Gasteiger partial charge in [-0.3, -0.25) is 0 Å². The number of hydrogen-bond acceptors (Lipinski definition) is 7. The van der Waals surface area contributed by atoms with Crippen LogP contribution >= 0.6 is 0 Å². The summed E-state index contributed by atoms with van der Waals surface area (Å²) in [4.78, 5) is 9.31. The summed E-state index contributed by atoms with van der Waals surface area (Å²) in [7, 11) is 1.67. The minimum absolute atomic E-state index is 0.240. The predicted octanol–water partition coefficient (Wildman–Crippen LogP) is 4.91. The summed E-state index contributed by atoms with van der Waals surface area (Å²) in [5, 5.41) is 4.38. The molecule has 2 aliphatic heterocycles. The first-order valence-electron chi connectivity index (χ1n) is 11.8. The molecule has 0 unspecified atom stereocenters. The van der Waals surface area contributed by atoms with Crippen molar-refractivity contribution >= 4 is 22.5 Å². The normalized spacial score (nSPS) is 25.1. The van der Waals surface area contributed by atoms with E-state index >= 15 is 0 Å². The maximum absolute atomic E-state index is 6.47. The average Bonchev–Trinajstić information content (AvgIpc) is 3.50. The van der Waals surface area contributed by atoms with Gasteiger partial charge in [0.15, 0.2) is 12.0 Å². The van der Waals surface area contributed by atoms with Crippen molar-refractivity contribution in [3.05, 3.63) is 73.2 Å². The van der Waals surface area contributed by atoms with E-state index in [0.717, 1.165) is 33.7 Å². The standard InChI is InChI=1S/C27H28N4O4/c1-27(2)34-22-20(15-32-3)33-26(23(22)35-27)31-14-19(17-10-6-4-7-11-17)21-24(28-16-29-25(21)31)30-18-12-8-5-9-13-18/h4-14,16,20,22-23,26H,15H2,1-3H3,(H,28,29,30)/t20-,22+,23+,26+/m0/s1. The first-order valence-corrected chi connectivity index (χ1v) is 11.8. The Morgan fingerprint density at radius 2 is 1.69 bits per heavy atom. The average molecular weight is 473 g/mol. The van der Waals surface area contributed by atoms with E-state index in [1.54, 1.807) is 13.4 Å². The molecule has 4 aromatic rings. The second kappa shape index (κ2) is 8.73. The lowest BCUT2D eigenvalue weighted by molar-refractivity contribution is -0.200. The summed E-state index contributed by atoms with van der Waals surface area (Å²) in [5.74, 6) is 0.0227. The van der Waals surface area contributed by atoms with Crippen LogP contribution in [0, 0.1) is 0 Å². The highest BCUT2D eigenvalue weighted by Crippen LogP contribution is 2.46. The molecule has 4 heterocycles. The Kier molecular flexibility index (Phi) is 5.53. The molecule has 0 spiro atoms. The molecule has 2 aromatic heterocycles. The zero-order valence-electron chi connectivity index (χ0n) is 19.9. The zero-order valence-corrected chi connectivity index (χ0v) is 19.9. The second-order valence-corrected chi connectivity index (χ2v) is 9.31. The molecule has 2 saturated heterocycles. The summed E-state index contributed by atoms with van der Waals surface area (Å²) in [6.07, 6.45) is 2.44. The highest BCUT2D eigenvalue weighted by Gasteiger charge is 2.56. The minimum Gasteiger partial charge on any atom is -0.382 e. The van der Waals surface area contributed by atoms with Crippen molar-refractivity contribution in [1.29, 1.82) is 0 Å². The first kappa shape index (κ1) is 22.2. The largest absolute Gasteiger partial charge is 0.382 e. The van der Waals surface area contributed by atoms with Gasteiger partial charge in [-0.05, 0) is 31.5 Å². The van der Waals surface area contributed by atoms with Crippen molar-refractivity contribution in [2.24, 2.45) is 0 Å². The van der Waals surface area contributed by atoms with Gasteiger partial charge in [-0.2, -0.15) is 0 Å². The van der Waals surface area contributed by atoms with Crippen molar-refractivity contribution in [2.45, 2.75) is 44.2 Å². The van der Waals surface area contributed by atoms with E-state index in [-0.39, 0.29) is 18.3 Å². The van der Waals surface area contributed by atoms with Crippen LogP contribution in [-0.2, 0) is 18.9 Å². The SMILES string of the molecule is COC[C@@H]1O[C@@H](n2cc(-c3ccccc3)c3c(Nc4ccccc4)ncnc32)[C@@H]2OC(C)(C)O[C@@H]21. The van der Waals surface area contributed by atoms with Gasteiger partial charge < -0.3 is 28.8 Å². The number of fused-ring (bicyclic) bond motifs is 2. The van der Waals surface area contributed by atoms with Crippen LogP contribution in [0.5, 0.6) is 0 Å². The Morgan fingerprint density at radius 3 is 2.43 bits per heavy atom. The minimum atomic E-state index is -0.705. The maximum atomic E-state index is 6.47. The molecule has 2 fully saturated rings. The van der Waals surface area contributed by atoms with Gasteiger partial charge in [-0.25, -0.2) is 9.97 Å². The Balaban J connectivity index is 1.50. The van der Waals surface area contributed by atoms with Crippen molar-refractivity contribution < 1.29 is 18.9 Å². The lowest BCUT2D eigenvalue weighted by atomic mass is 10.1. The van der Waals surface area contributed by atoms with Gasteiger partial charge in [0.05, 0.1) is 12.0 Å². The zero-order chi connectivity index (χ0) is 24.0. The molecule has 6 rings (SSSR count). The van der Waals surface area contributed by atoms with Crippen LogP contribution in [0.3, 0.4) is 0 Å². The summed E-state index contributed by atoms with van der Waals surface area (Å²) in [6, 6.07) is 20.2. The lowest BCUT2D eigenvalue weighted by Gasteiger charge is -2.24. The smallest absolute Gasteiger partial charge is 0.164 e. The van der Waals surface area contributed by atoms with Crippen molar-refractivity contribution in [3.8, 4) is 11.1 Å². The summed E-state index contributed by atoms with van der Waals surface area (Å²) >= 11 is 0. The molecule has 8 nitrogen and oxygen atoms in total. The molecular weight excluding hydrogens is 444 g/mol. The predicted molar refractivity (Wildman–Crippen MR) is 132 cm³/mol. The molecule has 35 heavy (non-hydrogen) atoms. The van der Waals surface area contributed by atoms with E-state index in [1.807, 2.05) is 66.9 Å². The highest BCUT2D eigenvalue weighted by atomic mass is 16.8. The highest BCUT2D eigenvalue weighted by molar-refractivity contribution is 6.02. The summed E-state index contributed by atoms with van der Waals surface area (Å²) in [5.41, 5.74) is 3.78. The number of nitrogens with zero attached hydrogens (tertiary/aromatic N) is 3. The van der Waals surface area contributed by atoms with E-state index in [4.69, 9.17) is 23.9 Å². The molecule has 1 N–H and O–H groups in total. The van der Waals surface area contributed by atoms with E-state index in [1.165, 1.54) is 0 Å². The molecule has 2 aliphatic rings. The molecule has 0 amide bonds. The van der Waals surface area contributed by atoms with Gasteiger partial charge >= 0.3 is 0 Å². The number of para-hydroxylation sites is 1. The number of methoxy groups -OCH3 is 1. The van der Waals surface area contributed by atoms with Crippen molar-refractivity contribution in [3.63, 3.8) is 0 Å². The third-order valence-electron chi connectivity index (χ3n) is 6.46. The van der Waals surface area contributed by atoms with Crippen LogP contribution in [0.15, 0.2) is 73.2 Å². The number of benzene rings is 2. The van der Waals surface area contributed by atoms with Crippen LogP contribution in [-0.4, -0.2) is 52.4 Å². The molecule has 0 aliphatic carbocycles. The quantitative estimate of drug-likeness (QED) is 0.427. The molecule has 180 valence electrons. The molecular formula is C27H28N4O4. The summed E-state index contributed by atoms with van der Waals surface area (Å²) < 4.78 is 26.5. The fraction of sp³-hybridized carbons (Fsp3) is 0.333. The molecule has 8 heteroatoms. The van der Waals surface area contributed by atoms with Crippen LogP contribution in [0.25, 0.3) is 22.2 Å². The first-order chi connectivity index (χ1) is 17.0. The van der Waals surface area contributed by atoms with Crippen LogP contribution in [0.4, 0.5) is 11.5 Å². The molecule has 0 saturated carbocycles. The fourth-order valence-corrected chi connectivity index (χ4v) is 5.05. The molecule has 2 aromatic carbocycles. The topological polar surface area (TPSA) is 79.7 Å². The van der Waals surface area contributed by atoms with Gasteiger partial charge in [0.1, 0.15) is 36.1 Å². The second-order valence-electron chi connectivity index (χ2n) is 9.31. The monoisotopic (exact) mass is 472 g/mol. The van der Waals surface area contributed by atoms with Gasteiger partial charge in [-0.15, -0.1) is 0 Å². The number of anilines is 2. The van der Waals surface area contributed by atoms with Gasteiger partial charge in [0.25, 0.3) is 0 Å². The Morgan fingerprint density at radius 1 is 0.971 bits per heavy atom. The number of nitrogens with one attached hydrogen (secondary N) is 1. The summed E-state index contributed by atoms with van der Waals surface area (Å²) in [6.45, 7) is 4.27. The number of hydrogen-bond donors (Lipinski definition) is 1. The van der Waals surface area contributed by atoms with E-state index < -0.39 is 12.0 Å². The number of rotatable bonds is 6. The molecule has 4 atom stereocenters. The van der Waals surface area contributed by atoms with Crippen molar-refractivity contribution in [1.82, 2.24) is 14.5 Å². The van der Waals surface area contributed by atoms with E-state index in [0.29, 0.717) is 6.61 Å². The van der Waals surface area contributed by atoms with E-state index in [2.05, 4.69) is 28.6 Å². The Hall–Kier alpha value is -3.30. The Bertz CT molecular complexity index is 1330. The lowest BCUT2D eigenvalue weighted by Crippen LogP contribution is -2.32. The fourth-order valence-electron chi connectivity index (χ4n) is 5.05. The molecule has 0 radical (unpaired) electrons. The van der Waals surface area contributed by atoms with Crippen LogP contribution in [0.2, 0.25) is 0 Å². The van der Waals surface area contributed by atoms with Crippen molar-refractivity contribution in [2.75, 3.05) is 19.0 Å². The molecule has 0 bridgehead atoms. The number of aromatic nitrogens is 3. The van der Waals surface area contributed by atoms with Crippen LogP contribution < -0.4 is 5.32 Å².